The van der Waals surface area contributed by atoms with Crippen molar-refractivity contribution in [3.63, 3.8) is 0 Å². The molecule has 0 aliphatic rings. The largest absolute Gasteiger partial charge is 0.412 e. The van der Waals surface area contributed by atoms with Crippen molar-refractivity contribution in [2.24, 2.45) is 0 Å². The van der Waals surface area contributed by atoms with Crippen molar-refractivity contribution in [2.45, 2.75) is 0 Å². The van der Waals surface area contributed by atoms with Crippen LogP contribution in [-0.2, 0) is 51.7 Å². The van der Waals surface area contributed by atoms with Crippen molar-refractivity contribution in [3.8, 4) is 0 Å². The quantitative estimate of drug-likeness (QED) is 0.336. The zero-order valence-corrected chi connectivity index (χ0v) is 9.19. The van der Waals surface area contributed by atoms with Crippen molar-refractivity contribution in [1.29, 1.82) is 0 Å². The fourth-order valence-corrected chi connectivity index (χ4v) is 0. The maximum Gasteiger partial charge on any atom is 0.187 e. The Morgan fingerprint density at radius 3 is 0.500 bits per heavy atom. The summed E-state index contributed by atoms with van der Waals surface area (Å²) < 4.78 is 0. The Hall–Kier alpha value is 2.73. The second kappa shape index (κ2) is 47.0. The standard InChI is InChI=1S/2Al.2Hf.2H2O.6H/h;;;;2*1H2;;;;;;. The number of hydrogen-bond donors (Lipinski definition) is 0. The minimum absolute atomic E-state index is 0. The minimum atomic E-state index is 0. The molecule has 0 fully saturated rings. The first-order chi connectivity index (χ1) is 0. The van der Waals surface area contributed by atoms with Crippen LogP contribution >= 0.6 is 0 Å². The van der Waals surface area contributed by atoms with Crippen LogP contribution in [0.5, 0.6) is 0 Å². The summed E-state index contributed by atoms with van der Waals surface area (Å²) in [6.07, 6.45) is 0. The molecule has 0 unspecified atom stereocenters. The van der Waals surface area contributed by atoms with Gasteiger partial charge in [0.25, 0.3) is 0 Å². The van der Waals surface area contributed by atoms with E-state index >= 15 is 0 Å². The van der Waals surface area contributed by atoms with Gasteiger partial charge in [0.1, 0.15) is 0 Å². The topological polar surface area (TPSA) is 63.0 Å². The summed E-state index contributed by atoms with van der Waals surface area (Å²) in [5.41, 5.74) is 0. The third-order valence-electron chi connectivity index (χ3n) is 0. The predicted molar refractivity (Wildman–Crippen MR) is 27.1 cm³/mol. The summed E-state index contributed by atoms with van der Waals surface area (Å²) in [6, 6.07) is 0. The van der Waals surface area contributed by atoms with E-state index in [0.29, 0.717) is 0 Å². The van der Waals surface area contributed by atoms with E-state index in [4.69, 9.17) is 0 Å². The van der Waals surface area contributed by atoms with E-state index in [1.165, 1.54) is 0 Å². The van der Waals surface area contributed by atoms with Gasteiger partial charge < -0.3 is 11.0 Å². The molecule has 0 atom stereocenters. The van der Waals surface area contributed by atoms with E-state index in [9.17, 15) is 0 Å². The number of rotatable bonds is 0. The summed E-state index contributed by atoms with van der Waals surface area (Å²) in [5.74, 6) is 0. The van der Waals surface area contributed by atoms with Gasteiger partial charge in [0, 0.05) is 51.7 Å². The molecule has 0 saturated carbocycles. The van der Waals surface area contributed by atoms with E-state index < -0.39 is 0 Å². The maximum absolute atomic E-state index is 0. The summed E-state index contributed by atoms with van der Waals surface area (Å²) in [7, 11) is 0. The average molecular weight is 453 g/mol. The Balaban J connectivity index is 0. The minimum Gasteiger partial charge on any atom is -0.412 e. The zero-order valence-electron chi connectivity index (χ0n) is 2.00. The van der Waals surface area contributed by atoms with E-state index in [0.717, 1.165) is 0 Å². The Kier molecular flexibility index (Phi) is 550. The van der Waals surface area contributed by atoms with Crippen LogP contribution < -0.4 is 0 Å². The van der Waals surface area contributed by atoms with Gasteiger partial charge in [-0.15, -0.1) is 0 Å². The Morgan fingerprint density at radius 2 is 0.500 bits per heavy atom. The van der Waals surface area contributed by atoms with E-state index in [1.807, 2.05) is 0 Å². The third-order valence-corrected chi connectivity index (χ3v) is 0. The van der Waals surface area contributed by atoms with Crippen LogP contribution in [0.1, 0.15) is 0 Å². The van der Waals surface area contributed by atoms with Crippen LogP contribution in [0.2, 0.25) is 0 Å². The monoisotopic (exact) mass is 456 g/mol. The van der Waals surface area contributed by atoms with Gasteiger partial charge in [-0.2, -0.15) is 0 Å². The van der Waals surface area contributed by atoms with E-state index in [-0.39, 0.29) is 97.4 Å². The Bertz CT molecular complexity index is 9.51. The molecular weight excluding hydrogens is 443 g/mol. The zero-order chi connectivity index (χ0) is 0. The number of hydrogen-bond acceptors (Lipinski definition) is 0. The van der Waals surface area contributed by atoms with Gasteiger partial charge in [0.05, 0.1) is 0 Å². The van der Waals surface area contributed by atoms with Gasteiger partial charge in [-0.05, 0) is 0 Å². The first-order valence-corrected chi connectivity index (χ1v) is 0. The summed E-state index contributed by atoms with van der Waals surface area (Å²) in [6.45, 7) is 0. The maximum atomic E-state index is 0. The smallest absolute Gasteiger partial charge is 0.187 e. The summed E-state index contributed by atoms with van der Waals surface area (Å²) >= 11 is 0. The molecule has 0 aliphatic heterocycles. The van der Waals surface area contributed by atoms with Gasteiger partial charge in [-0.25, -0.2) is 0 Å². The molecule has 4 N–H and O–H groups in total. The van der Waals surface area contributed by atoms with Crippen molar-refractivity contribution in [1.82, 2.24) is 0 Å². The normalized spacial score (nSPS) is 0. The molecular formula is H10Al2Hf2O2. The van der Waals surface area contributed by atoms with Crippen molar-refractivity contribution in [3.05, 3.63) is 0 Å². The molecule has 0 bridgehead atoms. The Morgan fingerprint density at radius 1 is 0.500 bits per heavy atom. The predicted octanol–water partition coefficient (Wildman–Crippen LogP) is -4.02. The van der Waals surface area contributed by atoms with Crippen molar-refractivity contribution in [2.75, 3.05) is 0 Å². The fraction of sp³-hybridized carbons (Fsp3) is 0. The van der Waals surface area contributed by atoms with Gasteiger partial charge >= 0.3 is 0 Å². The molecule has 0 radical (unpaired) electrons. The second-order valence-electron chi connectivity index (χ2n) is 0. The summed E-state index contributed by atoms with van der Waals surface area (Å²) in [4.78, 5) is 0. The molecule has 0 aromatic carbocycles. The Labute approximate surface area is 95.9 Å². The van der Waals surface area contributed by atoms with Crippen LogP contribution in [-0.4, -0.2) is 45.7 Å². The van der Waals surface area contributed by atoms with E-state index in [2.05, 4.69) is 0 Å². The molecule has 0 aromatic heterocycles. The molecule has 0 rings (SSSR count). The van der Waals surface area contributed by atoms with Crippen molar-refractivity contribution >= 4 is 34.7 Å². The SMILES string of the molecule is O.O.[AlH3].[AlH3].[Hf].[Hf]. The van der Waals surface area contributed by atoms with Gasteiger partial charge in [-0.1, -0.05) is 0 Å². The molecule has 0 aromatic rings. The molecule has 36 valence electrons. The molecule has 0 aliphatic carbocycles. The third kappa shape index (κ3) is 29.7. The van der Waals surface area contributed by atoms with Crippen molar-refractivity contribution < 1.29 is 62.6 Å². The molecule has 0 saturated heterocycles. The van der Waals surface area contributed by atoms with Gasteiger partial charge in [0.2, 0.25) is 0 Å². The van der Waals surface area contributed by atoms with Crippen LogP contribution in [0.15, 0.2) is 0 Å². The molecule has 6 heteroatoms. The van der Waals surface area contributed by atoms with Crippen LogP contribution in [0, 0.1) is 0 Å². The van der Waals surface area contributed by atoms with Gasteiger partial charge in [0.15, 0.2) is 34.7 Å². The summed E-state index contributed by atoms with van der Waals surface area (Å²) in [5, 5.41) is 0. The first-order valence-electron chi connectivity index (χ1n) is 0. The molecule has 0 heterocycles. The molecule has 2 nitrogen and oxygen atoms in total. The van der Waals surface area contributed by atoms with Crippen LogP contribution in [0.4, 0.5) is 0 Å². The molecule has 0 spiro atoms. The van der Waals surface area contributed by atoms with Crippen LogP contribution in [0.25, 0.3) is 0 Å². The molecule has 6 heavy (non-hydrogen) atoms. The van der Waals surface area contributed by atoms with Crippen LogP contribution in [0.3, 0.4) is 0 Å². The average Bonchev–Trinajstić information content (AvgIpc) is 0. The fourth-order valence-electron chi connectivity index (χ4n) is 0. The first kappa shape index (κ1) is 70.1. The van der Waals surface area contributed by atoms with Gasteiger partial charge in [-0.3, -0.25) is 0 Å². The van der Waals surface area contributed by atoms with E-state index in [1.54, 1.807) is 0 Å². The second-order valence-corrected chi connectivity index (χ2v) is 0. The molecule has 0 amide bonds.